The lowest BCUT2D eigenvalue weighted by Gasteiger charge is -2.27. The van der Waals surface area contributed by atoms with Crippen molar-refractivity contribution in [2.45, 2.75) is 29.8 Å². The number of hydrogen-bond donors (Lipinski definition) is 0. The molecule has 3 aliphatic rings. The Morgan fingerprint density at radius 2 is 1.67 bits per heavy atom. The van der Waals surface area contributed by atoms with Gasteiger partial charge in [-0.25, -0.2) is 32.7 Å². The second kappa shape index (κ2) is 6.08. The summed E-state index contributed by atoms with van der Waals surface area (Å²) < 4.78 is 38.7. The summed E-state index contributed by atoms with van der Waals surface area (Å²) >= 11 is 0. The summed E-state index contributed by atoms with van der Waals surface area (Å²) in [4.78, 5) is 21.1. The van der Waals surface area contributed by atoms with Gasteiger partial charge in [-0.15, -0.1) is 0 Å². The molecule has 2 aromatic rings. The molecule has 2 fully saturated rings. The molecule has 8 nitrogen and oxygen atoms in total. The minimum absolute atomic E-state index is 0.0398. The molecule has 0 aromatic carbocycles. The number of anilines is 2. The van der Waals surface area contributed by atoms with E-state index < -0.39 is 20.9 Å². The van der Waals surface area contributed by atoms with Crippen LogP contribution < -0.4 is 9.80 Å². The topological polar surface area (TPSA) is 92.2 Å². The van der Waals surface area contributed by atoms with Gasteiger partial charge in [-0.1, -0.05) is 0 Å². The summed E-state index contributed by atoms with van der Waals surface area (Å²) in [5.41, 5.74) is 1.50. The van der Waals surface area contributed by atoms with E-state index in [9.17, 15) is 12.8 Å². The van der Waals surface area contributed by atoms with Crippen LogP contribution >= 0.6 is 0 Å². The van der Waals surface area contributed by atoms with Crippen molar-refractivity contribution >= 4 is 21.7 Å². The van der Waals surface area contributed by atoms with E-state index in [4.69, 9.17) is 4.98 Å². The minimum atomic E-state index is -3.32. The number of aromatic nitrogens is 4. The van der Waals surface area contributed by atoms with Crippen LogP contribution in [0.5, 0.6) is 0 Å². The first-order valence-electron chi connectivity index (χ1n) is 9.06. The molecule has 0 unspecified atom stereocenters. The lowest BCUT2D eigenvalue weighted by Crippen LogP contribution is -2.35. The molecule has 0 spiro atoms. The maximum atomic E-state index is 13.1. The third-order valence-electron chi connectivity index (χ3n) is 5.60. The van der Waals surface area contributed by atoms with Gasteiger partial charge < -0.3 is 9.80 Å². The van der Waals surface area contributed by atoms with Gasteiger partial charge in [-0.3, -0.25) is 0 Å². The summed E-state index contributed by atoms with van der Waals surface area (Å²) in [6, 6.07) is 0. The van der Waals surface area contributed by atoms with Crippen LogP contribution in [0.1, 0.15) is 30.0 Å². The van der Waals surface area contributed by atoms with Crippen molar-refractivity contribution in [3.05, 3.63) is 35.7 Å². The van der Waals surface area contributed by atoms with E-state index in [1.54, 1.807) is 11.1 Å². The van der Waals surface area contributed by atoms with E-state index in [1.807, 2.05) is 0 Å². The molecule has 0 aliphatic carbocycles. The van der Waals surface area contributed by atoms with Gasteiger partial charge in [0.15, 0.2) is 15.7 Å². The van der Waals surface area contributed by atoms with Crippen LogP contribution in [0.25, 0.3) is 0 Å². The zero-order valence-electron chi connectivity index (χ0n) is 14.6. The summed E-state index contributed by atoms with van der Waals surface area (Å²) in [6.07, 6.45) is 6.11. The molecule has 2 saturated heterocycles. The monoisotopic (exact) mass is 390 g/mol. The van der Waals surface area contributed by atoms with Gasteiger partial charge in [0.25, 0.3) is 0 Å². The van der Waals surface area contributed by atoms with Crippen LogP contribution in [0.4, 0.5) is 16.3 Å². The highest BCUT2D eigenvalue weighted by atomic mass is 32.2. The Hall–Kier alpha value is -2.36. The summed E-state index contributed by atoms with van der Waals surface area (Å²) in [7, 11) is -3.32. The van der Waals surface area contributed by atoms with Gasteiger partial charge in [0.05, 0.1) is 29.1 Å². The van der Waals surface area contributed by atoms with Crippen LogP contribution in [-0.4, -0.2) is 59.8 Å². The Balaban J connectivity index is 1.52. The largest absolute Gasteiger partial charge is 0.341 e. The van der Waals surface area contributed by atoms with E-state index in [1.165, 1.54) is 0 Å². The molecule has 0 saturated carbocycles. The average molecular weight is 390 g/mol. The van der Waals surface area contributed by atoms with Crippen molar-refractivity contribution in [2.75, 3.05) is 36.0 Å². The molecular formula is C17H19FN6O2S. The van der Waals surface area contributed by atoms with E-state index in [0.717, 1.165) is 44.0 Å². The van der Waals surface area contributed by atoms with Crippen molar-refractivity contribution < 1.29 is 12.8 Å². The number of nitrogens with zero attached hydrogens (tertiary/aromatic N) is 6. The minimum Gasteiger partial charge on any atom is -0.341 e. The molecule has 142 valence electrons. The predicted molar refractivity (Wildman–Crippen MR) is 96.8 cm³/mol. The summed E-state index contributed by atoms with van der Waals surface area (Å²) in [6.45, 7) is 2.60. The van der Waals surface area contributed by atoms with Crippen molar-refractivity contribution in [3.8, 4) is 0 Å². The first-order chi connectivity index (χ1) is 13.0. The Kier molecular flexibility index (Phi) is 3.78. The molecule has 0 amide bonds. The van der Waals surface area contributed by atoms with Crippen molar-refractivity contribution in [3.63, 3.8) is 0 Å². The fourth-order valence-corrected chi connectivity index (χ4v) is 6.26. The first kappa shape index (κ1) is 16.8. The van der Waals surface area contributed by atoms with E-state index in [0.29, 0.717) is 30.5 Å². The molecule has 2 aromatic heterocycles. The molecular weight excluding hydrogens is 371 g/mol. The maximum Gasteiger partial charge on any atom is 0.225 e. The molecule has 0 N–H and O–H groups in total. The highest BCUT2D eigenvalue weighted by Gasteiger charge is 2.48. The predicted octanol–water partition coefficient (Wildman–Crippen LogP) is 0.907. The van der Waals surface area contributed by atoms with Gasteiger partial charge in [-0.2, -0.15) is 0 Å². The third kappa shape index (κ3) is 2.82. The fraction of sp³-hybridized carbons (Fsp3) is 0.529. The molecule has 5 heterocycles. The Labute approximate surface area is 156 Å². The van der Waals surface area contributed by atoms with E-state index in [-0.39, 0.29) is 11.7 Å². The van der Waals surface area contributed by atoms with Crippen LogP contribution in [0.3, 0.4) is 0 Å². The van der Waals surface area contributed by atoms with Crippen LogP contribution in [0, 0.1) is 5.82 Å². The standard InChI is InChI=1S/C17H19FN6O2S/c18-12-6-20-16(21-7-12)24-8-13-14(9-24)27(25,26)10-11-5-19-17(22-15(11)13)23-3-1-2-4-23/h5-7,13-14H,1-4,8-10H2/t13-,14+/m0/s1. The number of hydrogen-bond acceptors (Lipinski definition) is 8. The summed E-state index contributed by atoms with van der Waals surface area (Å²) in [5, 5.41) is -0.556. The molecule has 3 aliphatic heterocycles. The quantitative estimate of drug-likeness (QED) is 0.747. The van der Waals surface area contributed by atoms with Gasteiger partial charge >= 0.3 is 0 Å². The zero-order valence-corrected chi connectivity index (χ0v) is 15.4. The maximum absolute atomic E-state index is 13.1. The molecule has 5 rings (SSSR count). The molecule has 2 atom stereocenters. The fourth-order valence-electron chi connectivity index (χ4n) is 4.27. The molecule has 0 bridgehead atoms. The van der Waals surface area contributed by atoms with Gasteiger partial charge in [0.2, 0.25) is 11.9 Å². The lowest BCUT2D eigenvalue weighted by atomic mass is 10.00. The lowest BCUT2D eigenvalue weighted by molar-refractivity contribution is 0.563. The van der Waals surface area contributed by atoms with Crippen molar-refractivity contribution in [2.24, 2.45) is 0 Å². The second-order valence-electron chi connectivity index (χ2n) is 7.33. The number of rotatable bonds is 2. The second-order valence-corrected chi connectivity index (χ2v) is 9.55. The van der Waals surface area contributed by atoms with Crippen LogP contribution in [0.2, 0.25) is 0 Å². The number of sulfone groups is 1. The number of halogens is 1. The Morgan fingerprint density at radius 1 is 0.963 bits per heavy atom. The Bertz CT molecular complexity index is 977. The SMILES string of the molecule is O=S1(=O)Cc2cnc(N3CCCC3)nc2[C@H]2CN(c3ncc(F)cn3)C[C@H]21. The normalized spacial score (nSPS) is 26.1. The molecule has 10 heteroatoms. The highest BCUT2D eigenvalue weighted by Crippen LogP contribution is 2.40. The van der Waals surface area contributed by atoms with Gasteiger partial charge in [0, 0.05) is 43.9 Å². The highest BCUT2D eigenvalue weighted by molar-refractivity contribution is 7.91. The third-order valence-corrected chi connectivity index (χ3v) is 7.71. The van der Waals surface area contributed by atoms with Crippen molar-refractivity contribution in [1.82, 2.24) is 19.9 Å². The van der Waals surface area contributed by atoms with Crippen LogP contribution in [0.15, 0.2) is 18.6 Å². The van der Waals surface area contributed by atoms with E-state index in [2.05, 4.69) is 19.9 Å². The molecule has 27 heavy (non-hydrogen) atoms. The summed E-state index contributed by atoms with van der Waals surface area (Å²) in [5.74, 6) is 0.215. The molecule has 0 radical (unpaired) electrons. The average Bonchev–Trinajstić information content (AvgIpc) is 3.32. The van der Waals surface area contributed by atoms with E-state index >= 15 is 0 Å². The van der Waals surface area contributed by atoms with Crippen LogP contribution in [-0.2, 0) is 15.6 Å². The first-order valence-corrected chi connectivity index (χ1v) is 10.8. The van der Waals surface area contributed by atoms with Gasteiger partial charge in [0.1, 0.15) is 0 Å². The smallest absolute Gasteiger partial charge is 0.225 e. The Morgan fingerprint density at radius 3 is 2.41 bits per heavy atom. The van der Waals surface area contributed by atoms with Gasteiger partial charge in [-0.05, 0) is 12.8 Å². The van der Waals surface area contributed by atoms with Crippen molar-refractivity contribution in [1.29, 1.82) is 0 Å². The zero-order chi connectivity index (χ0) is 18.6. The number of fused-ring (bicyclic) bond motifs is 3.